The van der Waals surface area contributed by atoms with Crippen LogP contribution in [0.4, 0.5) is 0 Å². The molecule has 0 aliphatic heterocycles. The van der Waals surface area contributed by atoms with Gasteiger partial charge in [-0.15, -0.1) is 0 Å². The van der Waals surface area contributed by atoms with E-state index in [9.17, 15) is 4.79 Å². The average Bonchev–Trinajstić information content (AvgIpc) is 2.09. The lowest BCUT2D eigenvalue weighted by Gasteiger charge is -2.20. The fourth-order valence-corrected chi connectivity index (χ4v) is 2.28. The van der Waals surface area contributed by atoms with Crippen LogP contribution in [-0.4, -0.2) is 35.5 Å². The Hall–Kier alpha value is -0.493. The van der Waals surface area contributed by atoms with Crippen molar-refractivity contribution in [1.82, 2.24) is 0 Å². The Morgan fingerprint density at radius 1 is 1.17 bits per heavy atom. The van der Waals surface area contributed by atoms with E-state index in [0.717, 1.165) is 0 Å². The van der Waals surface area contributed by atoms with Crippen molar-refractivity contribution < 1.29 is 18.1 Å². The molecule has 5 heteroatoms. The van der Waals surface area contributed by atoms with Crippen LogP contribution in [0.3, 0.4) is 0 Å². The van der Waals surface area contributed by atoms with Gasteiger partial charge < -0.3 is 13.3 Å². The molecule has 0 spiro atoms. The third-order valence-electron chi connectivity index (χ3n) is 1.43. The molecule has 12 heavy (non-hydrogen) atoms. The van der Waals surface area contributed by atoms with Crippen molar-refractivity contribution in [2.75, 3.05) is 21.3 Å². The third-order valence-corrected chi connectivity index (χ3v) is 3.81. The lowest BCUT2D eigenvalue weighted by atomic mass is 10.6. The summed E-state index contributed by atoms with van der Waals surface area (Å²) < 4.78 is 14.8. The van der Waals surface area contributed by atoms with E-state index < -0.39 is 8.80 Å². The van der Waals surface area contributed by atoms with E-state index in [1.807, 2.05) is 0 Å². The number of hydrogen-bond donors (Lipinski definition) is 0. The molecule has 0 saturated carbocycles. The smallest absolute Gasteiger partial charge is 0.372 e. The van der Waals surface area contributed by atoms with E-state index in [1.165, 1.54) is 27.4 Å². The first-order valence-corrected chi connectivity index (χ1v) is 5.22. The first kappa shape index (κ1) is 11.5. The van der Waals surface area contributed by atoms with Gasteiger partial charge in [-0.1, -0.05) is 6.08 Å². The zero-order valence-corrected chi connectivity index (χ0v) is 8.79. The largest absolute Gasteiger partial charge is 0.578 e. The lowest BCUT2D eigenvalue weighted by Crippen LogP contribution is -2.50. The highest BCUT2D eigenvalue weighted by Crippen LogP contribution is 2.07. The van der Waals surface area contributed by atoms with E-state index in [4.69, 9.17) is 13.3 Å². The summed E-state index contributed by atoms with van der Waals surface area (Å²) in [6.45, 7) is 1.75. The number of rotatable bonds is 5. The molecule has 0 heterocycles. The molecule has 0 atom stereocenters. The molecule has 0 aromatic carbocycles. The van der Waals surface area contributed by atoms with Crippen molar-refractivity contribution in [3.63, 3.8) is 0 Å². The number of hydrogen-bond acceptors (Lipinski definition) is 4. The Morgan fingerprint density at radius 2 is 1.58 bits per heavy atom. The van der Waals surface area contributed by atoms with E-state index in [0.29, 0.717) is 0 Å². The SMILES string of the molecule is CC=CC(=O)[Si](OC)(OC)OC. The summed E-state index contributed by atoms with van der Waals surface area (Å²) in [4.78, 5) is 11.4. The van der Waals surface area contributed by atoms with E-state index in [1.54, 1.807) is 13.0 Å². The summed E-state index contributed by atoms with van der Waals surface area (Å²) >= 11 is 0. The van der Waals surface area contributed by atoms with Gasteiger partial charge in [-0.05, 0) is 13.0 Å². The zero-order valence-electron chi connectivity index (χ0n) is 7.79. The molecule has 0 rings (SSSR count). The summed E-state index contributed by atoms with van der Waals surface area (Å²) in [5.41, 5.74) is 0. The molecule has 0 aliphatic rings. The van der Waals surface area contributed by atoms with Gasteiger partial charge >= 0.3 is 8.80 Å². The Labute approximate surface area is 73.5 Å². The maximum Gasteiger partial charge on any atom is 0.578 e. The van der Waals surface area contributed by atoms with Crippen LogP contribution in [0.2, 0.25) is 0 Å². The highest BCUT2D eigenvalue weighted by atomic mass is 28.4. The first-order valence-electron chi connectivity index (χ1n) is 3.49. The van der Waals surface area contributed by atoms with Crippen molar-refractivity contribution in [3.05, 3.63) is 12.2 Å². The molecule has 0 unspecified atom stereocenters. The van der Waals surface area contributed by atoms with Gasteiger partial charge in [0, 0.05) is 21.3 Å². The Kier molecular flexibility index (Phi) is 4.99. The fraction of sp³-hybridized carbons (Fsp3) is 0.571. The zero-order chi connectivity index (χ0) is 9.61. The second kappa shape index (κ2) is 5.21. The molecule has 4 nitrogen and oxygen atoms in total. The number of allylic oxidation sites excluding steroid dienone is 2. The van der Waals surface area contributed by atoms with Crippen LogP contribution in [0.25, 0.3) is 0 Å². The molecule has 0 aromatic heterocycles. The van der Waals surface area contributed by atoms with E-state index in [2.05, 4.69) is 0 Å². The molecule has 0 saturated heterocycles. The Bertz CT molecular complexity index is 166. The Morgan fingerprint density at radius 3 is 1.83 bits per heavy atom. The molecule has 70 valence electrons. The average molecular weight is 190 g/mol. The number of carbonyl (C=O) groups excluding carboxylic acids is 1. The van der Waals surface area contributed by atoms with Gasteiger partial charge in [0.05, 0.1) is 0 Å². The molecular weight excluding hydrogens is 176 g/mol. The van der Waals surface area contributed by atoms with Crippen LogP contribution in [0, 0.1) is 0 Å². The normalized spacial score (nSPS) is 12.3. The topological polar surface area (TPSA) is 44.8 Å². The fourth-order valence-electron chi connectivity index (χ4n) is 0.805. The van der Waals surface area contributed by atoms with Crippen molar-refractivity contribution in [2.45, 2.75) is 6.92 Å². The summed E-state index contributed by atoms with van der Waals surface area (Å²) in [7, 11) is 1.14. The molecule has 0 aromatic rings. The minimum absolute atomic E-state index is 0.238. The summed E-state index contributed by atoms with van der Waals surface area (Å²) in [6.07, 6.45) is 3.02. The van der Waals surface area contributed by atoms with Crippen molar-refractivity contribution in [3.8, 4) is 0 Å². The maximum absolute atomic E-state index is 11.4. The molecule has 0 bridgehead atoms. The van der Waals surface area contributed by atoms with Crippen LogP contribution in [-0.2, 0) is 18.1 Å². The first-order chi connectivity index (χ1) is 5.66. The van der Waals surface area contributed by atoms with Crippen LogP contribution in [0.5, 0.6) is 0 Å². The van der Waals surface area contributed by atoms with Gasteiger partial charge in [0.1, 0.15) is 0 Å². The van der Waals surface area contributed by atoms with Crippen LogP contribution >= 0.6 is 0 Å². The summed E-state index contributed by atoms with van der Waals surface area (Å²) in [5.74, 6) is 0. The summed E-state index contributed by atoms with van der Waals surface area (Å²) in [6, 6.07) is 0. The predicted octanol–water partition coefficient (Wildman–Crippen LogP) is 0.549. The maximum atomic E-state index is 11.4. The quantitative estimate of drug-likeness (QED) is 0.469. The molecule has 0 N–H and O–H groups in total. The van der Waals surface area contributed by atoms with Crippen molar-refractivity contribution in [1.29, 1.82) is 0 Å². The second-order valence-corrected chi connectivity index (χ2v) is 4.86. The van der Waals surface area contributed by atoms with Crippen molar-refractivity contribution >= 4 is 14.2 Å². The molecule has 0 fully saturated rings. The minimum Gasteiger partial charge on any atom is -0.372 e. The van der Waals surface area contributed by atoms with E-state index >= 15 is 0 Å². The van der Waals surface area contributed by atoms with Gasteiger partial charge in [-0.25, -0.2) is 0 Å². The van der Waals surface area contributed by atoms with Gasteiger partial charge in [0.25, 0.3) is 0 Å². The van der Waals surface area contributed by atoms with Crippen LogP contribution in [0.15, 0.2) is 12.2 Å². The van der Waals surface area contributed by atoms with Gasteiger partial charge in [-0.3, -0.25) is 4.79 Å². The molecule has 0 aliphatic carbocycles. The highest BCUT2D eigenvalue weighted by molar-refractivity contribution is 6.94. The van der Waals surface area contributed by atoms with Gasteiger partial charge in [-0.2, -0.15) is 0 Å². The van der Waals surface area contributed by atoms with Crippen molar-refractivity contribution in [2.24, 2.45) is 0 Å². The molecule has 0 amide bonds. The predicted molar refractivity (Wildman–Crippen MR) is 46.6 cm³/mol. The minimum atomic E-state index is -3.07. The molecule has 0 radical (unpaired) electrons. The highest BCUT2D eigenvalue weighted by Gasteiger charge is 2.45. The van der Waals surface area contributed by atoms with Gasteiger partial charge in [0.15, 0.2) is 0 Å². The van der Waals surface area contributed by atoms with E-state index in [-0.39, 0.29) is 5.41 Å². The summed E-state index contributed by atoms with van der Waals surface area (Å²) in [5, 5.41) is -0.238. The third kappa shape index (κ3) is 2.24. The van der Waals surface area contributed by atoms with Crippen LogP contribution < -0.4 is 0 Å². The monoisotopic (exact) mass is 190 g/mol. The standard InChI is InChI=1S/C7H14O4Si/c1-5-6-7(8)12(9-2,10-3)11-4/h5-6H,1-4H3. The van der Waals surface area contributed by atoms with Crippen LogP contribution in [0.1, 0.15) is 6.92 Å². The Balaban J connectivity index is 4.58. The number of carbonyl (C=O) groups is 1. The lowest BCUT2D eigenvalue weighted by molar-refractivity contribution is -0.114. The molecular formula is C7H14O4Si. The second-order valence-electron chi connectivity index (χ2n) is 2.03. The van der Waals surface area contributed by atoms with Gasteiger partial charge in [0.2, 0.25) is 5.41 Å².